The van der Waals surface area contributed by atoms with E-state index < -0.39 is 0 Å². The van der Waals surface area contributed by atoms with Gasteiger partial charge in [0.15, 0.2) is 0 Å². The summed E-state index contributed by atoms with van der Waals surface area (Å²) < 4.78 is 6.69. The standard InChI is InChI=1S/C13H16N2O2S/c1-4-9-7-14-15(5-2)12(9)10-6-11(18-8-10)13(16)17-3/h6-8H,4-5H2,1-3H3. The number of aryl methyl sites for hydroxylation is 2. The Morgan fingerprint density at radius 1 is 1.50 bits per heavy atom. The molecule has 0 N–H and O–H groups in total. The van der Waals surface area contributed by atoms with Crippen molar-refractivity contribution in [1.29, 1.82) is 0 Å². The van der Waals surface area contributed by atoms with E-state index >= 15 is 0 Å². The molecular weight excluding hydrogens is 248 g/mol. The Morgan fingerprint density at radius 3 is 2.89 bits per heavy atom. The molecule has 0 atom stereocenters. The Kier molecular flexibility index (Phi) is 3.81. The highest BCUT2D eigenvalue weighted by atomic mass is 32.1. The Labute approximate surface area is 110 Å². The maximum Gasteiger partial charge on any atom is 0.348 e. The zero-order chi connectivity index (χ0) is 13.1. The summed E-state index contributed by atoms with van der Waals surface area (Å²) in [5, 5.41) is 6.34. The van der Waals surface area contributed by atoms with Gasteiger partial charge in [0.2, 0.25) is 0 Å². The molecule has 0 unspecified atom stereocenters. The van der Waals surface area contributed by atoms with E-state index in [2.05, 4.69) is 18.9 Å². The van der Waals surface area contributed by atoms with Crippen LogP contribution in [0.3, 0.4) is 0 Å². The number of aromatic nitrogens is 2. The predicted molar refractivity (Wildman–Crippen MR) is 71.9 cm³/mol. The minimum atomic E-state index is -0.285. The average Bonchev–Trinajstić information content (AvgIpc) is 3.02. The molecule has 96 valence electrons. The van der Waals surface area contributed by atoms with E-state index in [0.29, 0.717) is 4.88 Å². The number of carbonyl (C=O) groups is 1. The molecule has 2 aromatic heterocycles. The van der Waals surface area contributed by atoms with Crippen molar-refractivity contribution < 1.29 is 9.53 Å². The van der Waals surface area contributed by atoms with Crippen LogP contribution >= 0.6 is 11.3 Å². The first-order valence-corrected chi connectivity index (χ1v) is 6.81. The van der Waals surface area contributed by atoms with E-state index in [1.54, 1.807) is 0 Å². The van der Waals surface area contributed by atoms with Crippen molar-refractivity contribution in [2.24, 2.45) is 0 Å². The second-order valence-corrected chi connectivity index (χ2v) is 4.79. The maximum atomic E-state index is 11.5. The van der Waals surface area contributed by atoms with Crippen LogP contribution in [0.1, 0.15) is 29.1 Å². The van der Waals surface area contributed by atoms with Crippen LogP contribution in [0.15, 0.2) is 17.6 Å². The zero-order valence-electron chi connectivity index (χ0n) is 10.8. The molecule has 0 aliphatic rings. The van der Waals surface area contributed by atoms with E-state index in [1.807, 2.05) is 22.3 Å². The lowest BCUT2D eigenvalue weighted by atomic mass is 10.1. The van der Waals surface area contributed by atoms with Crippen LogP contribution in [0.2, 0.25) is 0 Å². The molecular formula is C13H16N2O2S. The summed E-state index contributed by atoms with van der Waals surface area (Å²) in [5.74, 6) is -0.285. The van der Waals surface area contributed by atoms with Crippen LogP contribution in [0, 0.1) is 0 Å². The summed E-state index contributed by atoms with van der Waals surface area (Å²) in [4.78, 5) is 12.1. The van der Waals surface area contributed by atoms with E-state index in [0.717, 1.165) is 24.2 Å². The number of thiophene rings is 1. The second kappa shape index (κ2) is 5.35. The van der Waals surface area contributed by atoms with Gasteiger partial charge in [-0.2, -0.15) is 5.10 Å². The van der Waals surface area contributed by atoms with Gasteiger partial charge in [0.25, 0.3) is 0 Å². The first kappa shape index (κ1) is 12.8. The monoisotopic (exact) mass is 264 g/mol. The van der Waals surface area contributed by atoms with E-state index in [4.69, 9.17) is 4.74 Å². The van der Waals surface area contributed by atoms with Gasteiger partial charge in [0, 0.05) is 17.5 Å². The highest BCUT2D eigenvalue weighted by Crippen LogP contribution is 2.29. The summed E-state index contributed by atoms with van der Waals surface area (Å²) in [5.41, 5.74) is 3.34. The molecule has 18 heavy (non-hydrogen) atoms. The Morgan fingerprint density at radius 2 is 2.28 bits per heavy atom. The van der Waals surface area contributed by atoms with Gasteiger partial charge in [-0.3, -0.25) is 4.68 Å². The number of rotatable bonds is 4. The number of hydrogen-bond donors (Lipinski definition) is 0. The Bertz CT molecular complexity index is 536. The lowest BCUT2D eigenvalue weighted by Gasteiger charge is -2.04. The molecule has 0 bridgehead atoms. The minimum Gasteiger partial charge on any atom is -0.465 e. The van der Waals surface area contributed by atoms with Gasteiger partial charge in [0.05, 0.1) is 19.0 Å². The van der Waals surface area contributed by atoms with Gasteiger partial charge < -0.3 is 4.74 Å². The SMILES string of the molecule is CCc1cnn(CC)c1-c1csc(C(=O)OC)c1. The first-order valence-electron chi connectivity index (χ1n) is 5.93. The number of hydrogen-bond acceptors (Lipinski definition) is 4. The third-order valence-corrected chi connectivity index (χ3v) is 3.77. The third kappa shape index (κ3) is 2.18. The van der Waals surface area contributed by atoms with Crippen LogP contribution in [-0.2, 0) is 17.7 Å². The van der Waals surface area contributed by atoms with Crippen LogP contribution in [0.5, 0.6) is 0 Å². The molecule has 0 radical (unpaired) electrons. The lowest BCUT2D eigenvalue weighted by molar-refractivity contribution is 0.0606. The number of nitrogens with zero attached hydrogens (tertiary/aromatic N) is 2. The fourth-order valence-electron chi connectivity index (χ4n) is 1.92. The predicted octanol–water partition coefficient (Wildman–Crippen LogP) is 2.98. The summed E-state index contributed by atoms with van der Waals surface area (Å²) in [6.45, 7) is 4.98. The fourth-order valence-corrected chi connectivity index (χ4v) is 2.73. The van der Waals surface area contributed by atoms with Crippen molar-refractivity contribution in [1.82, 2.24) is 9.78 Å². The van der Waals surface area contributed by atoms with Crippen LogP contribution < -0.4 is 0 Å². The van der Waals surface area contributed by atoms with Gasteiger partial charge in [0.1, 0.15) is 4.88 Å². The van der Waals surface area contributed by atoms with Crippen molar-refractivity contribution in [2.45, 2.75) is 26.8 Å². The third-order valence-electron chi connectivity index (χ3n) is 2.86. The number of carbonyl (C=O) groups excluding carboxylic acids is 1. The van der Waals surface area contributed by atoms with Crippen molar-refractivity contribution >= 4 is 17.3 Å². The highest BCUT2D eigenvalue weighted by molar-refractivity contribution is 7.12. The fraction of sp³-hybridized carbons (Fsp3) is 0.385. The molecule has 0 saturated heterocycles. The smallest absolute Gasteiger partial charge is 0.348 e. The molecule has 0 amide bonds. The molecule has 4 nitrogen and oxygen atoms in total. The molecule has 2 aromatic rings. The topological polar surface area (TPSA) is 44.1 Å². The molecule has 5 heteroatoms. The molecule has 2 heterocycles. The first-order chi connectivity index (χ1) is 8.71. The minimum absolute atomic E-state index is 0.285. The van der Waals surface area contributed by atoms with Crippen LogP contribution in [0.4, 0.5) is 0 Å². The number of esters is 1. The summed E-state index contributed by atoms with van der Waals surface area (Å²) in [6.07, 6.45) is 2.83. The average molecular weight is 264 g/mol. The molecule has 2 rings (SSSR count). The van der Waals surface area contributed by atoms with E-state index in [9.17, 15) is 4.79 Å². The van der Waals surface area contributed by atoms with Gasteiger partial charge in [-0.15, -0.1) is 11.3 Å². The molecule has 0 saturated carbocycles. The van der Waals surface area contributed by atoms with Crippen molar-refractivity contribution in [3.05, 3.63) is 28.1 Å². The van der Waals surface area contributed by atoms with Gasteiger partial charge >= 0.3 is 5.97 Å². The molecule has 0 spiro atoms. The normalized spacial score (nSPS) is 10.6. The Balaban J connectivity index is 2.45. The van der Waals surface area contributed by atoms with Crippen molar-refractivity contribution in [3.8, 4) is 11.3 Å². The number of ether oxygens (including phenoxy) is 1. The quantitative estimate of drug-likeness (QED) is 0.797. The van der Waals surface area contributed by atoms with E-state index in [1.165, 1.54) is 24.0 Å². The second-order valence-electron chi connectivity index (χ2n) is 3.88. The van der Waals surface area contributed by atoms with Gasteiger partial charge in [-0.05, 0) is 25.0 Å². The summed E-state index contributed by atoms with van der Waals surface area (Å²) in [7, 11) is 1.40. The van der Waals surface area contributed by atoms with Gasteiger partial charge in [-0.1, -0.05) is 6.92 Å². The van der Waals surface area contributed by atoms with Crippen molar-refractivity contribution in [3.63, 3.8) is 0 Å². The molecule has 0 aromatic carbocycles. The Hall–Kier alpha value is -1.62. The van der Waals surface area contributed by atoms with Gasteiger partial charge in [-0.25, -0.2) is 4.79 Å². The largest absolute Gasteiger partial charge is 0.465 e. The zero-order valence-corrected chi connectivity index (χ0v) is 11.6. The van der Waals surface area contributed by atoms with Crippen molar-refractivity contribution in [2.75, 3.05) is 7.11 Å². The molecule has 0 aliphatic carbocycles. The number of methoxy groups -OCH3 is 1. The maximum absolute atomic E-state index is 11.5. The lowest BCUT2D eigenvalue weighted by Crippen LogP contribution is -2.00. The summed E-state index contributed by atoms with van der Waals surface area (Å²) in [6, 6.07) is 1.87. The highest BCUT2D eigenvalue weighted by Gasteiger charge is 2.15. The van der Waals surface area contributed by atoms with Crippen LogP contribution in [0.25, 0.3) is 11.3 Å². The molecule has 0 aliphatic heterocycles. The molecule has 0 fully saturated rings. The summed E-state index contributed by atoms with van der Waals surface area (Å²) >= 11 is 1.40. The van der Waals surface area contributed by atoms with E-state index in [-0.39, 0.29) is 5.97 Å². The van der Waals surface area contributed by atoms with Crippen LogP contribution in [-0.4, -0.2) is 22.9 Å².